The molecule has 0 bridgehead atoms. The summed E-state index contributed by atoms with van der Waals surface area (Å²) >= 11 is 5.51. The molecule has 1 aromatic rings. The fraction of sp³-hybridized carbons (Fsp3) is 0.533. The van der Waals surface area contributed by atoms with Crippen LogP contribution in [0.3, 0.4) is 0 Å². The number of carbonyl (C=O) groups is 1. The van der Waals surface area contributed by atoms with Crippen LogP contribution in [-0.2, 0) is 4.79 Å². The van der Waals surface area contributed by atoms with E-state index in [9.17, 15) is 9.90 Å². The van der Waals surface area contributed by atoms with Crippen molar-refractivity contribution in [2.24, 2.45) is 0 Å². The Balaban J connectivity index is 2.86. The van der Waals surface area contributed by atoms with Gasteiger partial charge in [0.1, 0.15) is 5.75 Å². The third-order valence-corrected chi connectivity index (χ3v) is 3.43. The van der Waals surface area contributed by atoms with Crippen LogP contribution in [-0.4, -0.2) is 10.3 Å². The van der Waals surface area contributed by atoms with E-state index in [0.717, 1.165) is 36.8 Å². The van der Waals surface area contributed by atoms with Gasteiger partial charge in [-0.25, -0.2) is 0 Å². The highest BCUT2D eigenvalue weighted by molar-refractivity contribution is 6.63. The normalized spacial score (nSPS) is 12.4. The summed E-state index contributed by atoms with van der Waals surface area (Å²) < 4.78 is 0. The lowest BCUT2D eigenvalue weighted by Crippen LogP contribution is -2.04. The Morgan fingerprint density at radius 2 is 2.11 bits per heavy atom. The maximum Gasteiger partial charge on any atom is 0.222 e. The van der Waals surface area contributed by atoms with Crippen LogP contribution in [0.4, 0.5) is 0 Å². The summed E-state index contributed by atoms with van der Waals surface area (Å²) in [4.78, 5) is 11.1. The number of hydrogen-bond donors (Lipinski definition) is 1. The van der Waals surface area contributed by atoms with E-state index in [1.807, 2.05) is 25.1 Å². The minimum absolute atomic E-state index is 0.0291. The van der Waals surface area contributed by atoms with Crippen LogP contribution in [0, 0.1) is 6.92 Å². The third kappa shape index (κ3) is 4.34. The second-order valence-electron chi connectivity index (χ2n) is 4.76. The fourth-order valence-corrected chi connectivity index (χ4v) is 2.40. The molecular formula is C15H21ClO2. The Hall–Kier alpha value is -1.02. The van der Waals surface area contributed by atoms with Crippen LogP contribution >= 0.6 is 11.6 Å². The minimum atomic E-state index is -0.336. The van der Waals surface area contributed by atoms with Gasteiger partial charge in [0.05, 0.1) is 0 Å². The molecular weight excluding hydrogens is 248 g/mol. The van der Waals surface area contributed by atoms with E-state index in [0.29, 0.717) is 12.2 Å². The molecule has 1 aromatic carbocycles. The van der Waals surface area contributed by atoms with Gasteiger partial charge in [-0.3, -0.25) is 4.79 Å². The largest absolute Gasteiger partial charge is 0.507 e. The maximum atomic E-state index is 11.1. The van der Waals surface area contributed by atoms with Crippen molar-refractivity contribution in [3.05, 3.63) is 29.3 Å². The van der Waals surface area contributed by atoms with Crippen molar-refractivity contribution in [1.82, 2.24) is 0 Å². The molecule has 3 heteroatoms. The second kappa shape index (κ2) is 7.42. The second-order valence-corrected chi connectivity index (χ2v) is 5.19. The van der Waals surface area contributed by atoms with Gasteiger partial charge in [0.15, 0.2) is 0 Å². The summed E-state index contributed by atoms with van der Waals surface area (Å²) in [6.45, 7) is 4.01. The number of carbonyl (C=O) groups excluding carboxylic acids is 1. The molecule has 0 fully saturated rings. The van der Waals surface area contributed by atoms with Gasteiger partial charge in [0.2, 0.25) is 5.24 Å². The van der Waals surface area contributed by atoms with Crippen molar-refractivity contribution in [3.8, 4) is 5.75 Å². The number of phenols is 1. The van der Waals surface area contributed by atoms with Crippen LogP contribution < -0.4 is 0 Å². The van der Waals surface area contributed by atoms with Gasteiger partial charge in [0, 0.05) is 6.42 Å². The van der Waals surface area contributed by atoms with Gasteiger partial charge in [-0.2, -0.15) is 0 Å². The minimum Gasteiger partial charge on any atom is -0.507 e. The number of phenolic OH excluding ortho intramolecular Hbond substituents is 1. The average Bonchev–Trinajstić information content (AvgIpc) is 2.31. The van der Waals surface area contributed by atoms with Crippen molar-refractivity contribution in [3.63, 3.8) is 0 Å². The van der Waals surface area contributed by atoms with Gasteiger partial charge < -0.3 is 5.11 Å². The fourth-order valence-electron chi connectivity index (χ4n) is 2.21. The van der Waals surface area contributed by atoms with E-state index in [1.165, 1.54) is 0 Å². The lowest BCUT2D eigenvalue weighted by Gasteiger charge is -2.17. The molecule has 0 aromatic heterocycles. The smallest absolute Gasteiger partial charge is 0.222 e. The molecule has 100 valence electrons. The molecule has 0 aliphatic carbocycles. The standard InChI is InChI=1S/C15H21ClO2/c1-3-4-5-8-12(10-14(16)17)13-9-6-7-11(2)15(13)18/h6-7,9,12,18H,3-5,8,10H2,1-2H3. The molecule has 0 aliphatic rings. The van der Waals surface area contributed by atoms with E-state index in [-0.39, 0.29) is 11.2 Å². The highest BCUT2D eigenvalue weighted by Gasteiger charge is 2.18. The summed E-state index contributed by atoms with van der Waals surface area (Å²) in [6, 6.07) is 5.67. The number of aryl methyl sites for hydroxylation is 1. The predicted molar refractivity (Wildman–Crippen MR) is 75.2 cm³/mol. The molecule has 0 radical (unpaired) electrons. The van der Waals surface area contributed by atoms with Crippen molar-refractivity contribution in [2.45, 2.75) is 51.9 Å². The SMILES string of the molecule is CCCCCC(CC(=O)Cl)c1cccc(C)c1O. The third-order valence-electron chi connectivity index (χ3n) is 3.27. The van der Waals surface area contributed by atoms with Crippen molar-refractivity contribution in [2.75, 3.05) is 0 Å². The molecule has 1 rings (SSSR count). The van der Waals surface area contributed by atoms with E-state index in [1.54, 1.807) is 0 Å². The van der Waals surface area contributed by atoms with E-state index in [4.69, 9.17) is 11.6 Å². The van der Waals surface area contributed by atoms with Crippen LogP contribution in [0.1, 0.15) is 56.1 Å². The first-order valence-corrected chi connectivity index (χ1v) is 6.90. The molecule has 1 unspecified atom stereocenters. The van der Waals surface area contributed by atoms with Gasteiger partial charge in [-0.15, -0.1) is 0 Å². The topological polar surface area (TPSA) is 37.3 Å². The first-order chi connectivity index (χ1) is 8.56. The quantitative estimate of drug-likeness (QED) is 0.583. The number of unbranched alkanes of at least 4 members (excludes halogenated alkanes) is 2. The molecule has 0 saturated heterocycles. The number of para-hydroxylation sites is 1. The van der Waals surface area contributed by atoms with Gasteiger partial charge in [0.25, 0.3) is 0 Å². The zero-order valence-electron chi connectivity index (χ0n) is 11.1. The highest BCUT2D eigenvalue weighted by atomic mass is 35.5. The van der Waals surface area contributed by atoms with Gasteiger partial charge in [-0.1, -0.05) is 44.4 Å². The Labute approximate surface area is 114 Å². The lowest BCUT2D eigenvalue weighted by atomic mass is 9.89. The Bertz CT molecular complexity index is 401. The summed E-state index contributed by atoms with van der Waals surface area (Å²) in [5.41, 5.74) is 1.69. The molecule has 0 amide bonds. The van der Waals surface area contributed by atoms with Gasteiger partial charge in [-0.05, 0) is 42.0 Å². The van der Waals surface area contributed by atoms with Crippen LogP contribution in [0.5, 0.6) is 5.75 Å². The van der Waals surface area contributed by atoms with Crippen LogP contribution in [0.25, 0.3) is 0 Å². The Morgan fingerprint density at radius 1 is 1.39 bits per heavy atom. The molecule has 0 saturated carbocycles. The molecule has 1 atom stereocenters. The molecule has 0 aliphatic heterocycles. The van der Waals surface area contributed by atoms with E-state index >= 15 is 0 Å². The Morgan fingerprint density at radius 3 is 2.72 bits per heavy atom. The number of rotatable bonds is 7. The summed E-state index contributed by atoms with van der Waals surface area (Å²) in [5.74, 6) is 0.332. The first-order valence-electron chi connectivity index (χ1n) is 6.53. The van der Waals surface area contributed by atoms with Crippen molar-refractivity contribution >= 4 is 16.8 Å². The number of halogens is 1. The maximum absolute atomic E-state index is 11.1. The average molecular weight is 269 g/mol. The molecule has 0 spiro atoms. The summed E-state index contributed by atoms with van der Waals surface area (Å²) in [7, 11) is 0. The van der Waals surface area contributed by atoms with Crippen LogP contribution in [0.2, 0.25) is 0 Å². The molecule has 18 heavy (non-hydrogen) atoms. The van der Waals surface area contributed by atoms with E-state index < -0.39 is 0 Å². The van der Waals surface area contributed by atoms with Crippen molar-refractivity contribution in [1.29, 1.82) is 0 Å². The number of hydrogen-bond acceptors (Lipinski definition) is 2. The molecule has 0 heterocycles. The predicted octanol–water partition coefficient (Wildman–Crippen LogP) is 4.52. The number of aromatic hydroxyl groups is 1. The number of benzene rings is 1. The Kier molecular flexibility index (Phi) is 6.20. The van der Waals surface area contributed by atoms with Crippen LogP contribution in [0.15, 0.2) is 18.2 Å². The van der Waals surface area contributed by atoms with E-state index in [2.05, 4.69) is 6.92 Å². The first kappa shape index (κ1) is 15.0. The monoisotopic (exact) mass is 268 g/mol. The highest BCUT2D eigenvalue weighted by Crippen LogP contribution is 2.34. The van der Waals surface area contributed by atoms with Gasteiger partial charge >= 0.3 is 0 Å². The molecule has 1 N–H and O–H groups in total. The molecule has 2 nitrogen and oxygen atoms in total. The summed E-state index contributed by atoms with van der Waals surface area (Å²) in [5, 5.41) is 9.75. The van der Waals surface area contributed by atoms with Crippen molar-refractivity contribution < 1.29 is 9.90 Å². The zero-order valence-corrected chi connectivity index (χ0v) is 11.8. The lowest BCUT2D eigenvalue weighted by molar-refractivity contribution is -0.112. The summed E-state index contributed by atoms with van der Waals surface area (Å²) in [6.07, 6.45) is 4.52. The zero-order chi connectivity index (χ0) is 13.5.